The van der Waals surface area contributed by atoms with Crippen LogP contribution < -0.4 is 37.6 Å². The molecule has 4 aromatic heterocycles. The number of carbonyl (C=O) groups excluding carboxylic acids is 1. The molecule has 87 heavy (non-hydrogen) atoms. The summed E-state index contributed by atoms with van der Waals surface area (Å²) in [5.74, 6) is 4.57. The van der Waals surface area contributed by atoms with Gasteiger partial charge in [-0.1, -0.05) is 147 Å². The van der Waals surface area contributed by atoms with Crippen molar-refractivity contribution in [1.82, 2.24) is 54.6 Å². The second-order valence-corrected chi connectivity index (χ2v) is 23.3. The number of anilines is 4. The molecule has 9 aromatic rings. The van der Waals surface area contributed by atoms with Gasteiger partial charge in [-0.25, -0.2) is 14.8 Å². The molecule has 5 aromatic carbocycles. The van der Waals surface area contributed by atoms with E-state index < -0.39 is 0 Å². The molecule has 0 atom stereocenters. The molecule has 3 fully saturated rings. The smallest absolute Gasteiger partial charge is 0.410 e. The number of amides is 1. The molecule has 1 amide bonds. The number of rotatable bonds is 19. The summed E-state index contributed by atoms with van der Waals surface area (Å²) in [6, 6.07) is 48.3. The lowest BCUT2D eigenvalue weighted by Gasteiger charge is -2.31. The standard InChI is InChI=1S/C35H39N7O2.C27H33N7.C6H14N2.CH4/c1-25(2)42-24-38-31-32(36-21-26-13-15-30(16-14-26)29-11-7-4-8-12-29)39-34(40-33(31)42)37-22-27-17-19-41(20-18-27)35(43)44-23-28-9-5-3-6-10-28;1-19(2)34-18-31-24-25(32-27(33-26(24)34)30-17-21-12-14-28-15-13-21)29-16-20-8-10-23(11-9-20)22-6-4-3-5-7-22;7-5-6-1-3-8-4-2-6;/h3-16,24-25,27H,17-23H2,1-2H3,(H2,36,37,39,40);3-11,18-19,21,28H,12-17H2,1-2H3,(H2,29,30,32,33);6,8H,1-5,7H2;1H4. The lowest BCUT2D eigenvalue weighted by atomic mass is 9.97. The van der Waals surface area contributed by atoms with Crippen LogP contribution in [-0.4, -0.2) is 109 Å². The van der Waals surface area contributed by atoms with Crippen molar-refractivity contribution in [3.05, 3.63) is 169 Å². The van der Waals surface area contributed by atoms with Crippen molar-refractivity contribution in [3.8, 4) is 22.3 Å². The highest BCUT2D eigenvalue weighted by molar-refractivity contribution is 5.85. The molecule has 3 aliphatic rings. The van der Waals surface area contributed by atoms with Gasteiger partial charge >= 0.3 is 6.09 Å². The normalized spacial score (nSPS) is 14.8. The molecule has 458 valence electrons. The molecule has 0 radical (unpaired) electrons. The van der Waals surface area contributed by atoms with Crippen molar-refractivity contribution in [2.24, 2.45) is 23.5 Å². The Bertz CT molecular complexity index is 3480. The number of nitrogens with two attached hydrogens (primary N) is 1. The summed E-state index contributed by atoms with van der Waals surface area (Å²) in [6.07, 6.45) is 10.1. The van der Waals surface area contributed by atoms with Crippen LogP contribution in [0.4, 0.5) is 28.3 Å². The third-order valence-corrected chi connectivity index (χ3v) is 16.4. The quantitative estimate of drug-likeness (QED) is 0.0401. The molecular weight excluding hydrogens is 1080 g/mol. The molecule has 0 unspecified atom stereocenters. The highest BCUT2D eigenvalue weighted by Gasteiger charge is 2.25. The summed E-state index contributed by atoms with van der Waals surface area (Å²) < 4.78 is 9.70. The molecule has 3 aliphatic heterocycles. The van der Waals surface area contributed by atoms with Crippen LogP contribution in [0.1, 0.15) is 102 Å². The zero-order valence-electron chi connectivity index (χ0n) is 50.5. The van der Waals surface area contributed by atoms with Gasteiger partial charge in [0.15, 0.2) is 34.0 Å². The van der Waals surface area contributed by atoms with Gasteiger partial charge in [0.05, 0.1) is 12.7 Å². The van der Waals surface area contributed by atoms with E-state index in [4.69, 9.17) is 30.4 Å². The summed E-state index contributed by atoms with van der Waals surface area (Å²) in [5.41, 5.74) is 16.9. The number of hydrogen-bond donors (Lipinski definition) is 7. The fourth-order valence-corrected chi connectivity index (χ4v) is 11.1. The maximum Gasteiger partial charge on any atom is 0.410 e. The van der Waals surface area contributed by atoms with Crippen LogP contribution in [0.3, 0.4) is 0 Å². The van der Waals surface area contributed by atoms with E-state index in [0.717, 1.165) is 90.8 Å². The number of imidazole rings is 2. The van der Waals surface area contributed by atoms with Crippen molar-refractivity contribution in [1.29, 1.82) is 0 Å². The first-order valence-electron chi connectivity index (χ1n) is 30.9. The Balaban J connectivity index is 0.000000186. The number of ether oxygens (including phenoxy) is 1. The van der Waals surface area contributed by atoms with Crippen molar-refractivity contribution >= 4 is 52.0 Å². The third kappa shape index (κ3) is 17.6. The summed E-state index contributed by atoms with van der Waals surface area (Å²) in [6.45, 7) is 18.5. The van der Waals surface area contributed by atoms with Gasteiger partial charge in [-0.2, -0.15) is 19.9 Å². The predicted molar refractivity (Wildman–Crippen MR) is 355 cm³/mol. The van der Waals surface area contributed by atoms with Crippen LogP contribution >= 0.6 is 0 Å². The van der Waals surface area contributed by atoms with Crippen molar-refractivity contribution < 1.29 is 9.53 Å². The van der Waals surface area contributed by atoms with E-state index in [2.05, 4.69) is 176 Å². The second-order valence-electron chi connectivity index (χ2n) is 23.3. The minimum Gasteiger partial charge on any atom is -0.445 e. The minimum atomic E-state index is -0.249. The van der Waals surface area contributed by atoms with Gasteiger partial charge in [-0.15, -0.1) is 0 Å². The Hall–Kier alpha value is -8.45. The highest BCUT2D eigenvalue weighted by atomic mass is 16.6. The number of likely N-dealkylation sites (tertiary alicyclic amines) is 1. The van der Waals surface area contributed by atoms with Crippen LogP contribution in [0.5, 0.6) is 0 Å². The lowest BCUT2D eigenvalue weighted by molar-refractivity contribution is 0.0832. The zero-order chi connectivity index (χ0) is 59.5. The fraction of sp³-hybridized carbons (Fsp3) is 0.406. The molecule has 0 bridgehead atoms. The van der Waals surface area contributed by atoms with Crippen LogP contribution in [0.25, 0.3) is 44.6 Å². The first-order valence-corrected chi connectivity index (χ1v) is 30.9. The van der Waals surface area contributed by atoms with Gasteiger partial charge in [0, 0.05) is 51.4 Å². The number of aromatic nitrogens is 8. The Kier molecular flexibility index (Phi) is 23.0. The Morgan fingerprint density at radius 2 is 0.920 bits per heavy atom. The first kappa shape index (κ1) is 63.1. The van der Waals surface area contributed by atoms with E-state index in [-0.39, 0.29) is 25.6 Å². The van der Waals surface area contributed by atoms with Crippen molar-refractivity contribution in [2.75, 3.05) is 80.2 Å². The Labute approximate surface area is 514 Å². The number of nitrogens with one attached hydrogen (secondary N) is 6. The van der Waals surface area contributed by atoms with E-state index in [1.54, 1.807) is 4.90 Å². The number of fused-ring (bicyclic) bond motifs is 2. The van der Waals surface area contributed by atoms with Crippen LogP contribution in [0, 0.1) is 17.8 Å². The summed E-state index contributed by atoms with van der Waals surface area (Å²) >= 11 is 0. The number of benzene rings is 5. The molecule has 8 N–H and O–H groups in total. The molecular formula is C69H90N16O2. The van der Waals surface area contributed by atoms with Gasteiger partial charge in [0.2, 0.25) is 11.9 Å². The largest absolute Gasteiger partial charge is 0.445 e. The van der Waals surface area contributed by atoms with Gasteiger partial charge < -0.3 is 56.4 Å². The van der Waals surface area contributed by atoms with Gasteiger partial charge in [0.1, 0.15) is 6.61 Å². The fourth-order valence-electron chi connectivity index (χ4n) is 11.1. The molecule has 18 nitrogen and oxygen atoms in total. The zero-order valence-corrected chi connectivity index (χ0v) is 50.5. The Morgan fingerprint density at radius 1 is 0.517 bits per heavy atom. The van der Waals surface area contributed by atoms with Gasteiger partial charge in [-0.05, 0) is 156 Å². The monoisotopic (exact) mass is 1170 g/mol. The molecule has 7 heterocycles. The topological polar surface area (TPSA) is 215 Å². The highest BCUT2D eigenvalue weighted by Crippen LogP contribution is 2.28. The molecule has 0 saturated carbocycles. The lowest BCUT2D eigenvalue weighted by Crippen LogP contribution is -2.40. The van der Waals surface area contributed by atoms with E-state index in [1.807, 2.05) is 55.1 Å². The number of piperidine rings is 3. The molecule has 3 saturated heterocycles. The van der Waals surface area contributed by atoms with Gasteiger partial charge in [0.25, 0.3) is 0 Å². The second kappa shape index (κ2) is 31.8. The van der Waals surface area contributed by atoms with E-state index in [1.165, 1.54) is 66.6 Å². The average Bonchev–Trinajstić information content (AvgIpc) is 2.65. The number of nitrogens with zero attached hydrogens (tertiary/aromatic N) is 9. The third-order valence-electron chi connectivity index (χ3n) is 16.4. The average molecular weight is 1180 g/mol. The molecule has 0 aliphatic carbocycles. The molecule has 12 rings (SSSR count). The number of carbonyl (C=O) groups is 1. The summed E-state index contributed by atoms with van der Waals surface area (Å²) in [5, 5.41) is 20.7. The maximum atomic E-state index is 12.6. The first-order chi connectivity index (χ1) is 42.1. The SMILES string of the molecule is C.CC(C)n1cnc2c(NCc3ccc(-c4ccccc4)cc3)nc(NCC3CCN(C(=O)OCc4ccccc4)CC3)nc21.CC(C)n1cnc2c(NCc3ccc(-c4ccccc4)cc3)nc(NCC3CCNCC3)nc21.NCC1CCNCC1. The minimum absolute atomic E-state index is 0. The van der Waals surface area contributed by atoms with E-state index in [9.17, 15) is 4.79 Å². The summed E-state index contributed by atoms with van der Waals surface area (Å²) in [4.78, 5) is 43.0. The van der Waals surface area contributed by atoms with Crippen molar-refractivity contribution in [2.45, 2.75) is 105 Å². The molecule has 18 heteroatoms. The predicted octanol–water partition coefficient (Wildman–Crippen LogP) is 12.8. The summed E-state index contributed by atoms with van der Waals surface area (Å²) in [7, 11) is 0. The van der Waals surface area contributed by atoms with Crippen LogP contribution in [-0.2, 0) is 24.4 Å². The van der Waals surface area contributed by atoms with Crippen LogP contribution in [0.2, 0.25) is 0 Å². The Morgan fingerprint density at radius 3 is 1.33 bits per heavy atom. The number of hydrogen-bond acceptors (Lipinski definition) is 15. The van der Waals surface area contributed by atoms with Crippen LogP contribution in [0.15, 0.2) is 152 Å². The van der Waals surface area contributed by atoms with Gasteiger partial charge in [-0.3, -0.25) is 0 Å². The van der Waals surface area contributed by atoms with E-state index in [0.29, 0.717) is 62.3 Å². The van der Waals surface area contributed by atoms with E-state index >= 15 is 0 Å². The molecule has 0 spiro atoms. The maximum absolute atomic E-state index is 12.6. The van der Waals surface area contributed by atoms with Crippen molar-refractivity contribution in [3.63, 3.8) is 0 Å².